The van der Waals surface area contributed by atoms with E-state index in [0.717, 1.165) is 24.5 Å². The van der Waals surface area contributed by atoms with Crippen molar-refractivity contribution < 1.29 is 9.21 Å². The van der Waals surface area contributed by atoms with Crippen LogP contribution < -0.4 is 4.90 Å². The molecule has 2 aromatic heterocycles. The average molecular weight is 363 g/mol. The van der Waals surface area contributed by atoms with Gasteiger partial charge in [-0.2, -0.15) is 0 Å². The van der Waals surface area contributed by atoms with E-state index in [0.29, 0.717) is 37.7 Å². The van der Waals surface area contributed by atoms with Gasteiger partial charge in [-0.15, -0.1) is 10.2 Å². The van der Waals surface area contributed by atoms with Gasteiger partial charge >= 0.3 is 0 Å². The first-order valence-electron chi connectivity index (χ1n) is 9.11. The lowest BCUT2D eigenvalue weighted by Gasteiger charge is -2.35. The largest absolute Gasteiger partial charge is 0.421 e. The van der Waals surface area contributed by atoms with Gasteiger partial charge in [-0.05, 0) is 24.3 Å². The van der Waals surface area contributed by atoms with Crippen LogP contribution in [0.3, 0.4) is 0 Å². The third kappa shape index (κ3) is 4.13. The lowest BCUT2D eigenvalue weighted by Crippen LogP contribution is -2.49. The van der Waals surface area contributed by atoms with E-state index in [1.807, 2.05) is 53.4 Å². The molecule has 0 N–H and O–H groups in total. The van der Waals surface area contributed by atoms with E-state index in [1.165, 1.54) is 0 Å². The molecule has 1 fully saturated rings. The molecule has 27 heavy (non-hydrogen) atoms. The molecule has 1 saturated heterocycles. The molecule has 7 heteroatoms. The lowest BCUT2D eigenvalue weighted by atomic mass is 10.2. The smallest absolute Gasteiger partial charge is 0.247 e. The highest BCUT2D eigenvalue weighted by atomic mass is 16.4. The average Bonchev–Trinajstić information content (AvgIpc) is 3.22. The number of benzene rings is 1. The van der Waals surface area contributed by atoms with Crippen molar-refractivity contribution >= 4 is 11.7 Å². The highest BCUT2D eigenvalue weighted by Crippen LogP contribution is 2.18. The first-order chi connectivity index (χ1) is 13.3. The SMILES string of the molecule is O=C(CCc1nnc(-c2ccccc2)o1)N1CCN(c2ccccn2)CC1. The number of nitrogens with zero attached hydrogens (tertiary/aromatic N) is 5. The third-order valence-corrected chi connectivity index (χ3v) is 4.65. The minimum atomic E-state index is 0.120. The van der Waals surface area contributed by atoms with Gasteiger partial charge in [0.1, 0.15) is 5.82 Å². The molecule has 3 aromatic rings. The molecule has 3 heterocycles. The van der Waals surface area contributed by atoms with Crippen LogP contribution in [0.4, 0.5) is 5.82 Å². The Balaban J connectivity index is 1.27. The fraction of sp³-hybridized carbons (Fsp3) is 0.300. The molecule has 0 saturated carbocycles. The van der Waals surface area contributed by atoms with Crippen molar-refractivity contribution in [3.8, 4) is 11.5 Å². The maximum atomic E-state index is 12.5. The molecule has 4 rings (SSSR count). The van der Waals surface area contributed by atoms with Crippen molar-refractivity contribution in [3.63, 3.8) is 0 Å². The predicted octanol–water partition coefficient (Wildman–Crippen LogP) is 2.41. The van der Waals surface area contributed by atoms with Crippen molar-refractivity contribution in [1.82, 2.24) is 20.1 Å². The second-order valence-electron chi connectivity index (χ2n) is 6.42. The molecule has 1 aliphatic rings. The summed E-state index contributed by atoms with van der Waals surface area (Å²) in [6, 6.07) is 15.5. The van der Waals surface area contributed by atoms with Gasteiger partial charge in [-0.3, -0.25) is 4.79 Å². The summed E-state index contributed by atoms with van der Waals surface area (Å²) in [4.78, 5) is 21.0. The number of aryl methyl sites for hydroxylation is 1. The van der Waals surface area contributed by atoms with Gasteiger partial charge in [-0.25, -0.2) is 4.98 Å². The summed E-state index contributed by atoms with van der Waals surface area (Å²) in [5.41, 5.74) is 0.883. The van der Waals surface area contributed by atoms with E-state index in [9.17, 15) is 4.79 Å². The van der Waals surface area contributed by atoms with Crippen molar-refractivity contribution in [2.45, 2.75) is 12.8 Å². The number of carbonyl (C=O) groups is 1. The zero-order valence-electron chi connectivity index (χ0n) is 15.0. The molecular formula is C20H21N5O2. The van der Waals surface area contributed by atoms with Crippen molar-refractivity contribution in [2.24, 2.45) is 0 Å². The molecule has 138 valence electrons. The monoisotopic (exact) mass is 363 g/mol. The molecule has 0 spiro atoms. The van der Waals surface area contributed by atoms with Crippen molar-refractivity contribution in [1.29, 1.82) is 0 Å². The quantitative estimate of drug-likeness (QED) is 0.693. The van der Waals surface area contributed by atoms with E-state index in [2.05, 4.69) is 20.1 Å². The van der Waals surface area contributed by atoms with Crippen LogP contribution in [0, 0.1) is 0 Å². The van der Waals surface area contributed by atoms with E-state index in [1.54, 1.807) is 6.20 Å². The van der Waals surface area contributed by atoms with Crippen LogP contribution in [0.2, 0.25) is 0 Å². The van der Waals surface area contributed by atoms with Crippen LogP contribution in [0.15, 0.2) is 59.1 Å². The van der Waals surface area contributed by atoms with Crippen LogP contribution in [0.5, 0.6) is 0 Å². The van der Waals surface area contributed by atoms with Crippen LogP contribution in [0.1, 0.15) is 12.3 Å². The Bertz CT molecular complexity index is 874. The first-order valence-corrected chi connectivity index (χ1v) is 9.11. The Morgan fingerprint density at radius 3 is 2.48 bits per heavy atom. The Hall–Kier alpha value is -3.22. The van der Waals surface area contributed by atoms with Gasteiger partial charge < -0.3 is 14.2 Å². The first kappa shape index (κ1) is 17.2. The zero-order valence-corrected chi connectivity index (χ0v) is 15.0. The Morgan fingerprint density at radius 1 is 0.963 bits per heavy atom. The fourth-order valence-electron chi connectivity index (χ4n) is 3.15. The highest BCUT2D eigenvalue weighted by Gasteiger charge is 2.22. The number of carbonyl (C=O) groups excluding carboxylic acids is 1. The zero-order chi connectivity index (χ0) is 18.5. The Labute approximate surface area is 157 Å². The topological polar surface area (TPSA) is 75.4 Å². The number of aromatic nitrogens is 3. The van der Waals surface area contributed by atoms with E-state index < -0.39 is 0 Å². The number of hydrogen-bond donors (Lipinski definition) is 0. The van der Waals surface area contributed by atoms with Crippen molar-refractivity contribution in [3.05, 3.63) is 60.6 Å². The molecular weight excluding hydrogens is 342 g/mol. The van der Waals surface area contributed by atoms with E-state index in [4.69, 9.17) is 4.42 Å². The second kappa shape index (κ2) is 7.99. The molecule has 1 amide bonds. The van der Waals surface area contributed by atoms with Gasteiger partial charge in [0, 0.05) is 50.8 Å². The van der Waals surface area contributed by atoms with Crippen LogP contribution in [-0.2, 0) is 11.2 Å². The Kier molecular flexibility index (Phi) is 5.09. The van der Waals surface area contributed by atoms with Gasteiger partial charge in [0.25, 0.3) is 0 Å². The summed E-state index contributed by atoms with van der Waals surface area (Å²) < 4.78 is 5.67. The third-order valence-electron chi connectivity index (χ3n) is 4.65. The molecule has 1 aromatic carbocycles. The minimum Gasteiger partial charge on any atom is -0.421 e. The van der Waals surface area contributed by atoms with E-state index >= 15 is 0 Å². The highest BCUT2D eigenvalue weighted by molar-refractivity contribution is 5.76. The summed E-state index contributed by atoms with van der Waals surface area (Å²) in [6.45, 7) is 2.99. The molecule has 0 atom stereocenters. The number of piperazine rings is 1. The summed E-state index contributed by atoms with van der Waals surface area (Å²) in [5, 5.41) is 8.12. The van der Waals surface area contributed by atoms with Crippen molar-refractivity contribution in [2.75, 3.05) is 31.1 Å². The molecule has 1 aliphatic heterocycles. The van der Waals surface area contributed by atoms with Crippen LogP contribution >= 0.6 is 0 Å². The normalized spacial score (nSPS) is 14.4. The second-order valence-corrected chi connectivity index (χ2v) is 6.42. The number of pyridine rings is 1. The summed E-state index contributed by atoms with van der Waals surface area (Å²) in [5.74, 6) is 2.07. The maximum Gasteiger partial charge on any atom is 0.247 e. The summed E-state index contributed by atoms with van der Waals surface area (Å²) >= 11 is 0. The summed E-state index contributed by atoms with van der Waals surface area (Å²) in [7, 11) is 0. The maximum absolute atomic E-state index is 12.5. The minimum absolute atomic E-state index is 0.120. The summed E-state index contributed by atoms with van der Waals surface area (Å²) in [6.07, 6.45) is 2.63. The molecule has 0 bridgehead atoms. The number of rotatable bonds is 5. The number of anilines is 1. The standard InChI is InChI=1S/C20H21N5O2/c26-19(25-14-12-24(13-15-25)17-8-4-5-11-21-17)10-9-18-22-23-20(27-18)16-6-2-1-3-7-16/h1-8,11H,9-10,12-15H2. The molecule has 0 radical (unpaired) electrons. The number of hydrogen-bond acceptors (Lipinski definition) is 6. The van der Waals surface area contributed by atoms with Gasteiger partial charge in [0.15, 0.2) is 0 Å². The van der Waals surface area contributed by atoms with Gasteiger partial charge in [-0.1, -0.05) is 24.3 Å². The Morgan fingerprint density at radius 2 is 1.74 bits per heavy atom. The predicted molar refractivity (Wildman–Crippen MR) is 101 cm³/mol. The van der Waals surface area contributed by atoms with E-state index in [-0.39, 0.29) is 5.91 Å². The van der Waals surface area contributed by atoms with Crippen LogP contribution in [-0.4, -0.2) is 52.2 Å². The molecule has 7 nitrogen and oxygen atoms in total. The van der Waals surface area contributed by atoms with Gasteiger partial charge in [0.05, 0.1) is 0 Å². The lowest BCUT2D eigenvalue weighted by molar-refractivity contribution is -0.131. The molecule has 0 aliphatic carbocycles. The van der Waals surface area contributed by atoms with Crippen LogP contribution in [0.25, 0.3) is 11.5 Å². The molecule has 0 unspecified atom stereocenters. The number of amides is 1. The van der Waals surface area contributed by atoms with Gasteiger partial charge in [0.2, 0.25) is 17.7 Å². The fourth-order valence-corrected chi connectivity index (χ4v) is 3.15.